The Hall–Kier alpha value is -3.87. The molecule has 0 spiro atoms. The maximum Gasteiger partial charge on any atom is 0.254 e. The van der Waals surface area contributed by atoms with E-state index in [2.05, 4.69) is 0 Å². The molecule has 1 aliphatic rings. The molecule has 0 N–H and O–H groups in total. The predicted molar refractivity (Wildman–Crippen MR) is 126 cm³/mol. The van der Waals surface area contributed by atoms with Crippen LogP contribution in [0.25, 0.3) is 0 Å². The van der Waals surface area contributed by atoms with E-state index in [9.17, 15) is 14.0 Å². The second kappa shape index (κ2) is 10.4. The molecule has 0 unspecified atom stereocenters. The molecule has 3 aromatic carbocycles. The molecule has 0 aliphatic carbocycles. The van der Waals surface area contributed by atoms with Gasteiger partial charge in [-0.1, -0.05) is 36.4 Å². The summed E-state index contributed by atoms with van der Waals surface area (Å²) in [5.74, 6) is 0.682. The molecule has 0 aromatic heterocycles. The number of carbonyl (C=O) groups is 2. The van der Waals surface area contributed by atoms with Gasteiger partial charge in [-0.15, -0.1) is 0 Å². The van der Waals surface area contributed by atoms with E-state index in [0.29, 0.717) is 42.3 Å². The number of benzene rings is 3. The van der Waals surface area contributed by atoms with Gasteiger partial charge in [-0.2, -0.15) is 0 Å². The third-order valence-electron chi connectivity index (χ3n) is 5.96. The van der Waals surface area contributed by atoms with E-state index >= 15 is 0 Å². The van der Waals surface area contributed by atoms with Gasteiger partial charge in [0, 0.05) is 37.7 Å². The fourth-order valence-electron chi connectivity index (χ4n) is 4.20. The molecule has 3 aromatic rings. The van der Waals surface area contributed by atoms with Crippen molar-refractivity contribution in [2.24, 2.45) is 0 Å². The molecule has 0 bridgehead atoms. The van der Waals surface area contributed by atoms with Crippen molar-refractivity contribution in [3.8, 4) is 11.5 Å². The number of piperazine rings is 1. The van der Waals surface area contributed by atoms with E-state index in [0.717, 1.165) is 5.56 Å². The van der Waals surface area contributed by atoms with Crippen LogP contribution in [0.2, 0.25) is 0 Å². The van der Waals surface area contributed by atoms with Gasteiger partial charge in [0.2, 0.25) is 5.91 Å². The zero-order chi connectivity index (χ0) is 24.1. The Labute approximate surface area is 198 Å². The first-order valence-corrected chi connectivity index (χ1v) is 11.1. The van der Waals surface area contributed by atoms with Crippen LogP contribution in [0.3, 0.4) is 0 Å². The van der Waals surface area contributed by atoms with Crippen molar-refractivity contribution in [3.63, 3.8) is 0 Å². The molecule has 6 nitrogen and oxygen atoms in total. The van der Waals surface area contributed by atoms with E-state index in [1.54, 1.807) is 53.3 Å². The Kier molecular flexibility index (Phi) is 7.11. The first kappa shape index (κ1) is 23.3. The van der Waals surface area contributed by atoms with Crippen molar-refractivity contribution in [1.29, 1.82) is 0 Å². The van der Waals surface area contributed by atoms with Crippen LogP contribution in [0.5, 0.6) is 11.5 Å². The first-order chi connectivity index (χ1) is 16.5. The summed E-state index contributed by atoms with van der Waals surface area (Å²) in [6, 6.07) is 20.4. The summed E-state index contributed by atoms with van der Waals surface area (Å²) in [5, 5.41) is 0. The summed E-state index contributed by atoms with van der Waals surface area (Å²) in [7, 11) is 1.59. The summed E-state index contributed by atoms with van der Waals surface area (Å²) < 4.78 is 24.8. The minimum Gasteiger partial charge on any atom is -0.496 e. The van der Waals surface area contributed by atoms with Crippen LogP contribution >= 0.6 is 0 Å². The van der Waals surface area contributed by atoms with Crippen molar-refractivity contribution < 1.29 is 23.5 Å². The van der Waals surface area contributed by atoms with Crippen LogP contribution in [0.1, 0.15) is 34.5 Å². The number of para-hydroxylation sites is 1. The average Bonchev–Trinajstić information content (AvgIpc) is 2.87. The Morgan fingerprint density at radius 3 is 2.56 bits per heavy atom. The summed E-state index contributed by atoms with van der Waals surface area (Å²) in [4.78, 5) is 29.2. The predicted octanol–water partition coefficient (Wildman–Crippen LogP) is 4.46. The number of hydrogen-bond donors (Lipinski definition) is 0. The highest BCUT2D eigenvalue weighted by Crippen LogP contribution is 2.33. The molecule has 0 saturated carbocycles. The van der Waals surface area contributed by atoms with Gasteiger partial charge >= 0.3 is 0 Å². The minimum absolute atomic E-state index is 0.0280. The van der Waals surface area contributed by atoms with Crippen LogP contribution in [0, 0.1) is 5.82 Å². The molecular weight excluding hydrogens is 435 g/mol. The highest BCUT2D eigenvalue weighted by molar-refractivity contribution is 5.95. The monoisotopic (exact) mass is 462 g/mol. The molecular formula is C27H27FN2O4. The molecule has 1 heterocycles. The topological polar surface area (TPSA) is 59.1 Å². The Morgan fingerprint density at radius 2 is 1.79 bits per heavy atom. The van der Waals surface area contributed by atoms with Gasteiger partial charge < -0.3 is 19.3 Å². The SMILES string of the molecule is COc1ccccc1[C@@H]1CN(C(C)=O)CCN1C(=O)c1cccc(OCc2cccc(F)c2)c1. The molecule has 7 heteroatoms. The lowest BCUT2D eigenvalue weighted by Crippen LogP contribution is -2.52. The highest BCUT2D eigenvalue weighted by Gasteiger charge is 2.34. The van der Waals surface area contributed by atoms with E-state index in [1.165, 1.54) is 19.1 Å². The van der Waals surface area contributed by atoms with Gasteiger partial charge in [-0.05, 0) is 42.0 Å². The summed E-state index contributed by atoms with van der Waals surface area (Å²) >= 11 is 0. The zero-order valence-electron chi connectivity index (χ0n) is 19.2. The lowest BCUT2D eigenvalue weighted by atomic mass is 9.99. The number of amides is 2. The quantitative estimate of drug-likeness (QED) is 0.543. The van der Waals surface area contributed by atoms with Gasteiger partial charge in [0.15, 0.2) is 0 Å². The Bertz CT molecular complexity index is 1180. The maximum absolute atomic E-state index is 13.6. The van der Waals surface area contributed by atoms with Crippen molar-refractivity contribution in [2.45, 2.75) is 19.6 Å². The number of carbonyl (C=O) groups excluding carboxylic acids is 2. The van der Waals surface area contributed by atoms with Gasteiger partial charge in [0.05, 0.1) is 13.2 Å². The molecule has 1 atom stereocenters. The first-order valence-electron chi connectivity index (χ1n) is 11.1. The highest BCUT2D eigenvalue weighted by atomic mass is 19.1. The third-order valence-corrected chi connectivity index (χ3v) is 5.96. The smallest absolute Gasteiger partial charge is 0.254 e. The van der Waals surface area contributed by atoms with E-state index in [-0.39, 0.29) is 30.3 Å². The Morgan fingerprint density at radius 1 is 1.00 bits per heavy atom. The van der Waals surface area contributed by atoms with E-state index in [4.69, 9.17) is 9.47 Å². The molecule has 2 amide bonds. The lowest BCUT2D eigenvalue weighted by Gasteiger charge is -2.41. The second-order valence-electron chi connectivity index (χ2n) is 8.17. The van der Waals surface area contributed by atoms with Crippen molar-refractivity contribution in [3.05, 3.63) is 95.3 Å². The van der Waals surface area contributed by atoms with Gasteiger partial charge in [-0.25, -0.2) is 4.39 Å². The van der Waals surface area contributed by atoms with Crippen LogP contribution in [0.15, 0.2) is 72.8 Å². The fourth-order valence-corrected chi connectivity index (χ4v) is 4.20. The minimum atomic E-state index is -0.349. The van der Waals surface area contributed by atoms with Crippen LogP contribution in [-0.4, -0.2) is 48.4 Å². The summed E-state index contributed by atoms with van der Waals surface area (Å²) in [6.45, 7) is 2.97. The van der Waals surface area contributed by atoms with Crippen LogP contribution < -0.4 is 9.47 Å². The van der Waals surface area contributed by atoms with Crippen LogP contribution in [0.4, 0.5) is 4.39 Å². The molecule has 4 rings (SSSR count). The van der Waals surface area contributed by atoms with E-state index in [1.807, 2.05) is 24.3 Å². The lowest BCUT2D eigenvalue weighted by molar-refractivity contribution is -0.131. The second-order valence-corrected chi connectivity index (χ2v) is 8.17. The Balaban J connectivity index is 1.57. The fraction of sp³-hybridized carbons (Fsp3) is 0.259. The van der Waals surface area contributed by atoms with Gasteiger partial charge in [0.25, 0.3) is 5.91 Å². The zero-order valence-corrected chi connectivity index (χ0v) is 19.2. The largest absolute Gasteiger partial charge is 0.496 e. The molecule has 176 valence electrons. The van der Waals surface area contributed by atoms with Gasteiger partial charge in [0.1, 0.15) is 23.9 Å². The maximum atomic E-state index is 13.6. The average molecular weight is 463 g/mol. The molecule has 1 saturated heterocycles. The molecule has 0 radical (unpaired) electrons. The third kappa shape index (κ3) is 5.20. The van der Waals surface area contributed by atoms with Gasteiger partial charge in [-0.3, -0.25) is 9.59 Å². The molecule has 1 fully saturated rings. The number of ether oxygens (including phenoxy) is 2. The van der Waals surface area contributed by atoms with Crippen molar-refractivity contribution >= 4 is 11.8 Å². The number of rotatable bonds is 6. The van der Waals surface area contributed by atoms with Crippen molar-refractivity contribution in [1.82, 2.24) is 9.80 Å². The standard InChI is InChI=1S/C27H27FN2O4/c1-19(31)29-13-14-30(25(17-29)24-11-3-4-12-26(24)33-2)27(32)21-8-6-10-23(16-21)34-18-20-7-5-9-22(28)15-20/h3-12,15-16,25H,13-14,17-18H2,1-2H3/t25-/m0/s1. The van der Waals surface area contributed by atoms with E-state index < -0.39 is 0 Å². The molecule has 1 aliphatic heterocycles. The summed E-state index contributed by atoms with van der Waals surface area (Å²) in [5.41, 5.74) is 2.03. The van der Waals surface area contributed by atoms with Crippen LogP contribution in [-0.2, 0) is 11.4 Å². The number of methoxy groups -OCH3 is 1. The molecule has 34 heavy (non-hydrogen) atoms. The normalized spacial score (nSPS) is 15.7. The van der Waals surface area contributed by atoms with Crippen molar-refractivity contribution in [2.75, 3.05) is 26.7 Å². The number of nitrogens with zero attached hydrogens (tertiary/aromatic N) is 2. The number of halogens is 1. The summed E-state index contributed by atoms with van der Waals surface area (Å²) in [6.07, 6.45) is 0. The number of hydrogen-bond acceptors (Lipinski definition) is 4.